The maximum absolute atomic E-state index is 14.6. The first kappa shape index (κ1) is 25.4. The molecular formula is C20H24ClF2IN4O3S. The number of rotatable bonds is 8. The number of aliphatic hydroxyl groups is 1. The quantitative estimate of drug-likeness (QED) is 0.343. The van der Waals surface area contributed by atoms with Gasteiger partial charge in [-0.25, -0.2) is 8.78 Å². The molecule has 1 aliphatic heterocycles. The number of nitrogens with one attached hydrogen (secondary N) is 3. The van der Waals surface area contributed by atoms with E-state index in [2.05, 4.69) is 37.9 Å². The molecule has 3 rings (SSSR count). The summed E-state index contributed by atoms with van der Waals surface area (Å²) in [5.41, 5.74) is -0.181. The molecule has 2 aromatic rings. The van der Waals surface area contributed by atoms with Gasteiger partial charge in [0.1, 0.15) is 5.69 Å². The average Bonchev–Trinajstić information content (AvgIpc) is 2.75. The zero-order valence-corrected chi connectivity index (χ0v) is 20.9. The molecule has 0 bridgehead atoms. The average molecular weight is 601 g/mol. The minimum Gasteiger partial charge on any atom is -0.395 e. The number of benzene rings is 2. The highest BCUT2D eigenvalue weighted by molar-refractivity contribution is 14.1. The van der Waals surface area contributed by atoms with Crippen molar-refractivity contribution in [2.24, 2.45) is 0 Å². The van der Waals surface area contributed by atoms with Crippen LogP contribution in [0.5, 0.6) is 0 Å². The van der Waals surface area contributed by atoms with E-state index >= 15 is 0 Å². The van der Waals surface area contributed by atoms with E-state index in [9.17, 15) is 17.2 Å². The normalized spacial score (nSPS) is 16.7. The Bertz CT molecular complexity index is 1070. The number of aliphatic hydroxyl groups excluding tert-OH is 1. The van der Waals surface area contributed by atoms with Crippen molar-refractivity contribution in [2.75, 3.05) is 29.7 Å². The van der Waals surface area contributed by atoms with Crippen molar-refractivity contribution >= 4 is 61.5 Å². The fourth-order valence-electron chi connectivity index (χ4n) is 3.40. The molecule has 0 aromatic heterocycles. The summed E-state index contributed by atoms with van der Waals surface area (Å²) in [6.45, 7) is 2.35. The molecule has 2 aromatic carbocycles. The van der Waals surface area contributed by atoms with Crippen molar-refractivity contribution in [2.45, 2.75) is 31.8 Å². The van der Waals surface area contributed by atoms with Crippen LogP contribution in [0.25, 0.3) is 0 Å². The number of hydrogen-bond acceptors (Lipinski definition) is 5. The van der Waals surface area contributed by atoms with Gasteiger partial charge in [0.05, 0.1) is 23.0 Å². The summed E-state index contributed by atoms with van der Waals surface area (Å²) in [7, 11) is -4.01. The summed E-state index contributed by atoms with van der Waals surface area (Å²) in [6, 6.07) is 7.00. The second kappa shape index (κ2) is 10.8. The molecule has 4 N–H and O–H groups in total. The van der Waals surface area contributed by atoms with E-state index < -0.39 is 21.8 Å². The lowest BCUT2D eigenvalue weighted by atomic mass is 10.1. The van der Waals surface area contributed by atoms with Gasteiger partial charge in [-0.15, -0.1) is 0 Å². The van der Waals surface area contributed by atoms with E-state index in [0.29, 0.717) is 18.5 Å². The molecule has 32 heavy (non-hydrogen) atoms. The van der Waals surface area contributed by atoms with Gasteiger partial charge in [-0.3, -0.25) is 4.72 Å². The summed E-state index contributed by atoms with van der Waals surface area (Å²) in [4.78, 5) is 0. The zero-order chi connectivity index (χ0) is 23.5. The molecule has 1 atom stereocenters. The van der Waals surface area contributed by atoms with Crippen molar-refractivity contribution < 1.29 is 22.3 Å². The van der Waals surface area contributed by atoms with Gasteiger partial charge >= 0.3 is 10.2 Å². The molecule has 1 saturated heterocycles. The van der Waals surface area contributed by atoms with Crippen molar-refractivity contribution in [3.63, 3.8) is 0 Å². The Morgan fingerprint density at radius 3 is 2.50 bits per heavy atom. The van der Waals surface area contributed by atoms with Crippen LogP contribution in [-0.4, -0.2) is 49.6 Å². The van der Waals surface area contributed by atoms with Crippen LogP contribution in [0.4, 0.5) is 25.8 Å². The molecule has 1 aliphatic rings. The van der Waals surface area contributed by atoms with E-state index in [-0.39, 0.29) is 48.2 Å². The summed E-state index contributed by atoms with van der Waals surface area (Å²) < 4.78 is 58.9. The van der Waals surface area contributed by atoms with E-state index in [0.717, 1.165) is 15.7 Å². The molecule has 0 saturated carbocycles. The number of nitrogens with zero attached hydrogens (tertiary/aromatic N) is 1. The summed E-state index contributed by atoms with van der Waals surface area (Å²) in [6.07, 6.45) is 1.12. The topological polar surface area (TPSA) is 93.7 Å². The molecule has 176 valence electrons. The fraction of sp³-hybridized carbons (Fsp3) is 0.400. The minimum absolute atomic E-state index is 0.00342. The van der Waals surface area contributed by atoms with Gasteiger partial charge in [0.2, 0.25) is 0 Å². The van der Waals surface area contributed by atoms with Gasteiger partial charge in [-0.1, -0.05) is 11.6 Å². The van der Waals surface area contributed by atoms with Crippen molar-refractivity contribution in [1.29, 1.82) is 0 Å². The van der Waals surface area contributed by atoms with Gasteiger partial charge in [-0.2, -0.15) is 12.7 Å². The van der Waals surface area contributed by atoms with Gasteiger partial charge in [0, 0.05) is 28.7 Å². The number of halogens is 4. The summed E-state index contributed by atoms with van der Waals surface area (Å²) in [5.74, 6) is -2.34. The van der Waals surface area contributed by atoms with E-state index in [1.54, 1.807) is 18.2 Å². The Labute approximate surface area is 204 Å². The molecule has 0 amide bonds. The largest absolute Gasteiger partial charge is 0.395 e. The monoisotopic (exact) mass is 600 g/mol. The van der Waals surface area contributed by atoms with Crippen molar-refractivity contribution in [1.82, 2.24) is 9.62 Å². The maximum atomic E-state index is 14.6. The maximum Gasteiger partial charge on any atom is 0.301 e. The first-order valence-corrected chi connectivity index (χ1v) is 12.8. The second-order valence-electron chi connectivity index (χ2n) is 7.56. The van der Waals surface area contributed by atoms with Crippen LogP contribution in [0.15, 0.2) is 30.3 Å². The van der Waals surface area contributed by atoms with Crippen LogP contribution in [0.1, 0.15) is 19.8 Å². The molecule has 1 unspecified atom stereocenters. The summed E-state index contributed by atoms with van der Waals surface area (Å²) in [5, 5.41) is 15.4. The third-order valence-corrected chi connectivity index (χ3v) is 7.62. The van der Waals surface area contributed by atoms with Crippen LogP contribution in [-0.2, 0) is 10.2 Å². The Morgan fingerprint density at radius 1 is 1.22 bits per heavy atom. The smallest absolute Gasteiger partial charge is 0.301 e. The highest BCUT2D eigenvalue weighted by Crippen LogP contribution is 2.34. The van der Waals surface area contributed by atoms with Gasteiger partial charge in [0.15, 0.2) is 11.6 Å². The van der Waals surface area contributed by atoms with Gasteiger partial charge in [0.25, 0.3) is 0 Å². The third kappa shape index (κ3) is 6.20. The Morgan fingerprint density at radius 2 is 1.88 bits per heavy atom. The van der Waals surface area contributed by atoms with E-state index in [1.807, 2.05) is 6.92 Å². The molecular weight excluding hydrogens is 577 g/mol. The highest BCUT2D eigenvalue weighted by Gasteiger charge is 2.29. The lowest BCUT2D eigenvalue weighted by molar-refractivity contribution is 0.216. The van der Waals surface area contributed by atoms with Gasteiger partial charge in [-0.05, 0) is 72.7 Å². The zero-order valence-electron chi connectivity index (χ0n) is 17.2. The number of hydrogen-bond donors (Lipinski definition) is 4. The highest BCUT2D eigenvalue weighted by atomic mass is 127. The van der Waals surface area contributed by atoms with E-state index in [1.165, 1.54) is 4.31 Å². The van der Waals surface area contributed by atoms with Crippen LogP contribution < -0.4 is 15.4 Å². The van der Waals surface area contributed by atoms with Crippen LogP contribution in [0.3, 0.4) is 0 Å². The molecule has 0 radical (unpaired) electrons. The van der Waals surface area contributed by atoms with E-state index in [4.69, 9.17) is 16.7 Å². The Kier molecular flexibility index (Phi) is 8.55. The molecule has 0 spiro atoms. The van der Waals surface area contributed by atoms with Crippen molar-refractivity contribution in [3.05, 3.63) is 50.6 Å². The Balaban J connectivity index is 1.79. The first-order valence-electron chi connectivity index (χ1n) is 9.95. The number of piperidine rings is 1. The SMILES string of the molecule is CC(CO)NC1CCN(S(=O)(=O)Nc2ccc(F)c(F)c2Nc2ccc(I)cc2Cl)CC1. The molecule has 1 heterocycles. The molecule has 1 fully saturated rings. The van der Waals surface area contributed by atoms with Crippen LogP contribution >= 0.6 is 34.2 Å². The number of anilines is 3. The Hall–Kier alpha value is -1.25. The van der Waals surface area contributed by atoms with Crippen LogP contribution in [0.2, 0.25) is 5.02 Å². The molecule has 12 heteroatoms. The van der Waals surface area contributed by atoms with Crippen LogP contribution in [0, 0.1) is 15.2 Å². The van der Waals surface area contributed by atoms with Crippen molar-refractivity contribution in [3.8, 4) is 0 Å². The predicted molar refractivity (Wildman–Crippen MR) is 131 cm³/mol. The molecule has 7 nitrogen and oxygen atoms in total. The molecule has 0 aliphatic carbocycles. The predicted octanol–water partition coefficient (Wildman–Crippen LogP) is 4.06. The second-order valence-corrected chi connectivity index (χ2v) is 10.9. The fourth-order valence-corrected chi connectivity index (χ4v) is 5.58. The third-order valence-electron chi connectivity index (χ3n) is 5.11. The first-order chi connectivity index (χ1) is 15.1. The lowest BCUT2D eigenvalue weighted by Crippen LogP contribution is -2.49. The minimum atomic E-state index is -4.01. The summed E-state index contributed by atoms with van der Waals surface area (Å²) >= 11 is 8.25. The van der Waals surface area contributed by atoms with Gasteiger partial charge < -0.3 is 15.7 Å². The lowest BCUT2D eigenvalue weighted by Gasteiger charge is -2.33. The standard InChI is InChI=1S/C20H24ClF2IN4O3S/c1-12(11-29)25-14-6-8-28(9-7-14)32(30,31)27-18-5-3-16(22)19(23)20(18)26-17-4-2-13(24)10-15(17)21/h2-5,10,12,14,25-27,29H,6-9,11H2,1H3.